The van der Waals surface area contributed by atoms with E-state index in [2.05, 4.69) is 5.10 Å². The monoisotopic (exact) mass is 464 g/mol. The number of benzene rings is 2. The molecule has 0 atom stereocenters. The Bertz CT molecular complexity index is 1170. The Labute approximate surface area is 184 Å². The van der Waals surface area contributed by atoms with Gasteiger partial charge in [0, 0.05) is 32.4 Å². The lowest BCUT2D eigenvalue weighted by molar-refractivity contribution is 0.0698. The lowest BCUT2D eigenvalue weighted by Crippen LogP contribution is -2.50. The van der Waals surface area contributed by atoms with Gasteiger partial charge in [0.2, 0.25) is 10.0 Å². The predicted octanol–water partition coefficient (Wildman–Crippen LogP) is 3.33. The Morgan fingerprint density at radius 2 is 1.63 bits per heavy atom. The Balaban J connectivity index is 1.45. The zero-order valence-corrected chi connectivity index (χ0v) is 18.1. The van der Waals surface area contributed by atoms with Crippen LogP contribution in [0, 0.1) is 0 Å². The highest BCUT2D eigenvalue weighted by Gasteiger charge is 2.32. The molecule has 7 nitrogen and oxygen atoms in total. The molecule has 10 heteroatoms. The van der Waals surface area contributed by atoms with E-state index in [-0.39, 0.29) is 47.0 Å². The first-order chi connectivity index (χ1) is 14.4. The lowest BCUT2D eigenvalue weighted by atomic mass is 10.2. The molecule has 1 saturated heterocycles. The minimum Gasteiger partial charge on any atom is -0.336 e. The van der Waals surface area contributed by atoms with Gasteiger partial charge in [0.25, 0.3) is 5.91 Å². The van der Waals surface area contributed by atoms with Crippen LogP contribution in [0.3, 0.4) is 0 Å². The SMILES string of the molecule is O=C(c1cnn(-c2ccccc2)c1)N1CCN(S(=O)(=O)c2cccc(Cl)c2Cl)CC1. The molecule has 30 heavy (non-hydrogen) atoms. The van der Waals surface area contributed by atoms with Crippen molar-refractivity contribution >= 4 is 39.1 Å². The van der Waals surface area contributed by atoms with Gasteiger partial charge in [-0.05, 0) is 24.3 Å². The molecule has 2 heterocycles. The van der Waals surface area contributed by atoms with E-state index in [9.17, 15) is 13.2 Å². The topological polar surface area (TPSA) is 75.5 Å². The summed E-state index contributed by atoms with van der Waals surface area (Å²) in [4.78, 5) is 14.4. The Hall–Kier alpha value is -2.39. The molecule has 0 spiro atoms. The van der Waals surface area contributed by atoms with Crippen molar-refractivity contribution in [3.05, 3.63) is 76.5 Å². The molecule has 0 saturated carbocycles. The van der Waals surface area contributed by atoms with Crippen LogP contribution in [0.2, 0.25) is 10.0 Å². The van der Waals surface area contributed by atoms with Gasteiger partial charge in [-0.1, -0.05) is 47.5 Å². The zero-order chi connectivity index (χ0) is 21.3. The van der Waals surface area contributed by atoms with Gasteiger partial charge < -0.3 is 4.90 Å². The van der Waals surface area contributed by atoms with Crippen LogP contribution in [0.5, 0.6) is 0 Å². The Kier molecular flexibility index (Phi) is 5.84. The third-order valence-electron chi connectivity index (χ3n) is 4.91. The number of para-hydroxylation sites is 1. The van der Waals surface area contributed by atoms with E-state index in [1.807, 2.05) is 30.3 Å². The van der Waals surface area contributed by atoms with Gasteiger partial charge in [-0.15, -0.1) is 0 Å². The smallest absolute Gasteiger partial charge is 0.257 e. The fraction of sp³-hybridized carbons (Fsp3) is 0.200. The maximum Gasteiger partial charge on any atom is 0.257 e. The van der Waals surface area contributed by atoms with Crippen LogP contribution in [0.15, 0.2) is 65.8 Å². The average Bonchev–Trinajstić information content (AvgIpc) is 3.26. The van der Waals surface area contributed by atoms with Crippen molar-refractivity contribution < 1.29 is 13.2 Å². The van der Waals surface area contributed by atoms with Crippen molar-refractivity contribution in [2.75, 3.05) is 26.2 Å². The molecule has 1 amide bonds. The second kappa shape index (κ2) is 8.39. The van der Waals surface area contributed by atoms with Crippen LogP contribution in [-0.4, -0.2) is 59.5 Å². The fourth-order valence-electron chi connectivity index (χ4n) is 3.29. The highest BCUT2D eigenvalue weighted by atomic mass is 35.5. The van der Waals surface area contributed by atoms with Gasteiger partial charge in [0.1, 0.15) is 4.90 Å². The van der Waals surface area contributed by atoms with E-state index in [1.54, 1.807) is 21.8 Å². The molecule has 0 unspecified atom stereocenters. The molecule has 1 fully saturated rings. The molecular formula is C20H18Cl2N4O3S. The Morgan fingerprint density at radius 3 is 2.33 bits per heavy atom. The number of hydrogen-bond donors (Lipinski definition) is 0. The van der Waals surface area contributed by atoms with Gasteiger partial charge in [-0.25, -0.2) is 13.1 Å². The predicted molar refractivity (Wildman–Crippen MR) is 115 cm³/mol. The summed E-state index contributed by atoms with van der Waals surface area (Å²) in [6, 6.07) is 14.0. The minimum atomic E-state index is -3.80. The number of piperazine rings is 1. The average molecular weight is 465 g/mol. The van der Waals surface area contributed by atoms with Crippen molar-refractivity contribution in [2.45, 2.75) is 4.90 Å². The van der Waals surface area contributed by atoms with Crippen molar-refractivity contribution in [3.63, 3.8) is 0 Å². The van der Waals surface area contributed by atoms with E-state index < -0.39 is 10.0 Å². The number of carbonyl (C=O) groups excluding carboxylic acids is 1. The number of hydrogen-bond acceptors (Lipinski definition) is 4. The molecular weight excluding hydrogens is 447 g/mol. The maximum absolute atomic E-state index is 12.9. The van der Waals surface area contributed by atoms with E-state index in [0.717, 1.165) is 5.69 Å². The van der Waals surface area contributed by atoms with Crippen molar-refractivity contribution in [2.24, 2.45) is 0 Å². The van der Waals surface area contributed by atoms with Crippen LogP contribution in [0.1, 0.15) is 10.4 Å². The number of nitrogens with zero attached hydrogens (tertiary/aromatic N) is 4. The normalized spacial score (nSPS) is 15.3. The second-order valence-corrected chi connectivity index (χ2v) is 9.45. The van der Waals surface area contributed by atoms with E-state index in [0.29, 0.717) is 5.56 Å². The van der Waals surface area contributed by atoms with Crippen molar-refractivity contribution in [1.29, 1.82) is 0 Å². The van der Waals surface area contributed by atoms with Gasteiger partial charge >= 0.3 is 0 Å². The van der Waals surface area contributed by atoms with E-state index >= 15 is 0 Å². The molecule has 3 aromatic rings. The number of rotatable bonds is 4. The lowest BCUT2D eigenvalue weighted by Gasteiger charge is -2.34. The summed E-state index contributed by atoms with van der Waals surface area (Å²) in [5.74, 6) is -0.185. The highest BCUT2D eigenvalue weighted by molar-refractivity contribution is 7.89. The Morgan fingerprint density at radius 1 is 0.933 bits per heavy atom. The molecule has 2 aromatic carbocycles. The zero-order valence-electron chi connectivity index (χ0n) is 15.8. The van der Waals surface area contributed by atoms with Gasteiger partial charge in [0.15, 0.2) is 0 Å². The van der Waals surface area contributed by atoms with E-state index in [4.69, 9.17) is 23.2 Å². The summed E-state index contributed by atoms with van der Waals surface area (Å²) in [6.07, 6.45) is 3.19. The second-order valence-electron chi connectivity index (χ2n) is 6.76. The molecule has 1 aliphatic rings. The van der Waals surface area contributed by atoms with Crippen LogP contribution in [0.4, 0.5) is 0 Å². The number of halogens is 2. The number of sulfonamides is 1. The minimum absolute atomic E-state index is 0.00555. The third-order valence-corrected chi connectivity index (χ3v) is 7.78. The molecule has 0 aliphatic carbocycles. The fourth-order valence-corrected chi connectivity index (χ4v) is 5.45. The van der Waals surface area contributed by atoms with Crippen LogP contribution in [0.25, 0.3) is 5.69 Å². The summed E-state index contributed by atoms with van der Waals surface area (Å²) in [7, 11) is -3.80. The van der Waals surface area contributed by atoms with Crippen LogP contribution in [-0.2, 0) is 10.0 Å². The molecule has 4 rings (SSSR count). The summed E-state index contributed by atoms with van der Waals surface area (Å²) < 4.78 is 28.8. The summed E-state index contributed by atoms with van der Waals surface area (Å²) in [5, 5.41) is 4.44. The van der Waals surface area contributed by atoms with Crippen LogP contribution >= 0.6 is 23.2 Å². The number of aromatic nitrogens is 2. The molecule has 0 radical (unpaired) electrons. The van der Waals surface area contributed by atoms with Crippen molar-refractivity contribution in [1.82, 2.24) is 19.0 Å². The molecule has 156 valence electrons. The van der Waals surface area contributed by atoms with Crippen molar-refractivity contribution in [3.8, 4) is 5.69 Å². The summed E-state index contributed by atoms with van der Waals surface area (Å²) in [6.45, 7) is 0.882. The third kappa shape index (κ3) is 3.96. The first-order valence-corrected chi connectivity index (χ1v) is 11.4. The summed E-state index contributed by atoms with van der Waals surface area (Å²) >= 11 is 12.1. The first-order valence-electron chi connectivity index (χ1n) is 9.21. The quantitative estimate of drug-likeness (QED) is 0.593. The van der Waals surface area contributed by atoms with Crippen LogP contribution < -0.4 is 0 Å². The molecule has 0 bridgehead atoms. The number of amides is 1. The highest BCUT2D eigenvalue weighted by Crippen LogP contribution is 2.31. The van der Waals surface area contributed by atoms with Gasteiger partial charge in [0.05, 0.1) is 27.5 Å². The van der Waals surface area contributed by atoms with Gasteiger partial charge in [-0.2, -0.15) is 9.40 Å². The molecule has 1 aromatic heterocycles. The molecule has 0 N–H and O–H groups in total. The number of carbonyl (C=O) groups is 1. The molecule has 1 aliphatic heterocycles. The van der Waals surface area contributed by atoms with E-state index in [1.165, 1.54) is 22.6 Å². The summed E-state index contributed by atoms with van der Waals surface area (Å²) in [5.41, 5.74) is 1.30. The maximum atomic E-state index is 12.9. The standard InChI is InChI=1S/C20H18Cl2N4O3S/c21-17-7-4-8-18(19(17)22)30(28,29)25-11-9-24(10-12-25)20(27)15-13-23-26(14-15)16-5-2-1-3-6-16/h1-8,13-14H,9-12H2. The first kappa shape index (κ1) is 20.9. The van der Waals surface area contributed by atoms with Gasteiger partial charge in [-0.3, -0.25) is 4.79 Å². The largest absolute Gasteiger partial charge is 0.336 e.